The lowest BCUT2D eigenvalue weighted by molar-refractivity contribution is 0.0904. The fraction of sp³-hybridized carbons (Fsp3) is 0.176. The Kier molecular flexibility index (Phi) is 2.94. The number of benzene rings is 2. The SMILES string of the molecule is O=C(CO)c1ccc2nc(-c3ccc4c(c3)CCO4)[nH]c2c1. The standard InChI is InChI=1S/C17H14N2O3/c20-9-15(21)10-1-3-13-14(8-10)19-17(18-13)12-2-4-16-11(7-12)5-6-22-16/h1-4,7-8,20H,5-6,9H2,(H,18,19). The van der Waals surface area contributed by atoms with Gasteiger partial charge in [0.05, 0.1) is 17.6 Å². The number of imidazole rings is 1. The molecule has 0 bridgehead atoms. The van der Waals surface area contributed by atoms with Gasteiger partial charge in [0.1, 0.15) is 18.2 Å². The highest BCUT2D eigenvalue weighted by Gasteiger charge is 2.14. The molecule has 1 aliphatic heterocycles. The largest absolute Gasteiger partial charge is 0.493 e. The second-order valence-electron chi connectivity index (χ2n) is 5.32. The van der Waals surface area contributed by atoms with E-state index < -0.39 is 6.61 Å². The van der Waals surface area contributed by atoms with Crippen molar-refractivity contribution in [2.45, 2.75) is 6.42 Å². The fourth-order valence-corrected chi connectivity index (χ4v) is 2.74. The first-order chi connectivity index (χ1) is 10.7. The van der Waals surface area contributed by atoms with Crippen LogP contribution in [-0.4, -0.2) is 34.1 Å². The van der Waals surface area contributed by atoms with Gasteiger partial charge in [-0.1, -0.05) is 0 Å². The third-order valence-corrected chi connectivity index (χ3v) is 3.91. The van der Waals surface area contributed by atoms with E-state index in [4.69, 9.17) is 9.84 Å². The van der Waals surface area contributed by atoms with Crippen LogP contribution in [0.15, 0.2) is 36.4 Å². The van der Waals surface area contributed by atoms with Crippen LogP contribution in [0.25, 0.3) is 22.4 Å². The Hall–Kier alpha value is -2.66. The number of nitrogens with one attached hydrogen (secondary N) is 1. The number of carbonyl (C=O) groups is 1. The maximum Gasteiger partial charge on any atom is 0.188 e. The average Bonchev–Trinajstić information content (AvgIpc) is 3.18. The van der Waals surface area contributed by atoms with Crippen LogP contribution < -0.4 is 4.74 Å². The van der Waals surface area contributed by atoms with Crippen molar-refractivity contribution >= 4 is 16.8 Å². The van der Waals surface area contributed by atoms with Crippen LogP contribution in [0.1, 0.15) is 15.9 Å². The van der Waals surface area contributed by atoms with E-state index in [2.05, 4.69) is 16.0 Å². The summed E-state index contributed by atoms with van der Waals surface area (Å²) >= 11 is 0. The number of aliphatic hydroxyl groups excluding tert-OH is 1. The zero-order valence-corrected chi connectivity index (χ0v) is 11.8. The monoisotopic (exact) mass is 294 g/mol. The number of carbonyl (C=O) groups excluding carboxylic acids is 1. The molecule has 0 aliphatic carbocycles. The predicted octanol–water partition coefficient (Wildman–Crippen LogP) is 2.34. The molecule has 2 heterocycles. The van der Waals surface area contributed by atoms with Gasteiger partial charge in [-0.25, -0.2) is 4.98 Å². The van der Waals surface area contributed by atoms with Crippen LogP contribution in [0.3, 0.4) is 0 Å². The molecule has 0 fully saturated rings. The highest BCUT2D eigenvalue weighted by Crippen LogP contribution is 2.30. The maximum absolute atomic E-state index is 11.6. The number of nitrogens with zero attached hydrogens (tertiary/aromatic N) is 1. The van der Waals surface area contributed by atoms with Crippen LogP contribution in [0, 0.1) is 0 Å². The number of hydrogen-bond donors (Lipinski definition) is 2. The summed E-state index contributed by atoms with van der Waals surface area (Å²) in [6.07, 6.45) is 0.915. The first-order valence-electron chi connectivity index (χ1n) is 7.14. The summed E-state index contributed by atoms with van der Waals surface area (Å²) in [4.78, 5) is 19.4. The smallest absolute Gasteiger partial charge is 0.188 e. The van der Waals surface area contributed by atoms with Gasteiger partial charge in [-0.05, 0) is 42.0 Å². The zero-order valence-electron chi connectivity index (χ0n) is 11.8. The van der Waals surface area contributed by atoms with Gasteiger partial charge in [0, 0.05) is 17.5 Å². The van der Waals surface area contributed by atoms with E-state index in [-0.39, 0.29) is 5.78 Å². The molecular weight excluding hydrogens is 280 g/mol. The lowest BCUT2D eigenvalue weighted by Crippen LogP contribution is -2.03. The second-order valence-corrected chi connectivity index (χ2v) is 5.32. The number of ketones is 1. The number of aromatic amines is 1. The minimum absolute atomic E-state index is 0.298. The van der Waals surface area contributed by atoms with Crippen molar-refractivity contribution in [1.29, 1.82) is 0 Å². The molecule has 22 heavy (non-hydrogen) atoms. The van der Waals surface area contributed by atoms with Crippen LogP contribution in [0.2, 0.25) is 0 Å². The van der Waals surface area contributed by atoms with Crippen LogP contribution in [-0.2, 0) is 6.42 Å². The summed E-state index contributed by atoms with van der Waals surface area (Å²) in [6.45, 7) is 0.239. The fourth-order valence-electron chi connectivity index (χ4n) is 2.74. The van der Waals surface area contributed by atoms with Crippen LogP contribution in [0.4, 0.5) is 0 Å². The maximum atomic E-state index is 11.6. The molecular formula is C17H14N2O3. The first-order valence-corrected chi connectivity index (χ1v) is 7.14. The minimum atomic E-state index is -0.489. The minimum Gasteiger partial charge on any atom is -0.493 e. The quantitative estimate of drug-likeness (QED) is 0.727. The molecule has 4 rings (SSSR count). The van der Waals surface area contributed by atoms with E-state index in [1.165, 1.54) is 5.56 Å². The summed E-state index contributed by atoms with van der Waals surface area (Å²) < 4.78 is 5.51. The third kappa shape index (κ3) is 2.07. The molecule has 0 saturated carbocycles. The van der Waals surface area contributed by atoms with Crippen LogP contribution >= 0.6 is 0 Å². The lowest BCUT2D eigenvalue weighted by atomic mass is 10.1. The van der Waals surface area contributed by atoms with Gasteiger partial charge in [-0.3, -0.25) is 4.79 Å². The number of ether oxygens (including phenoxy) is 1. The molecule has 5 heteroatoms. The van der Waals surface area contributed by atoms with Gasteiger partial charge in [-0.15, -0.1) is 0 Å². The summed E-state index contributed by atoms with van der Waals surface area (Å²) in [7, 11) is 0. The summed E-state index contributed by atoms with van der Waals surface area (Å²) in [5, 5.41) is 8.95. The van der Waals surface area contributed by atoms with Gasteiger partial charge in [0.15, 0.2) is 5.78 Å². The van der Waals surface area contributed by atoms with Crippen molar-refractivity contribution < 1.29 is 14.6 Å². The van der Waals surface area contributed by atoms with Gasteiger partial charge in [0.2, 0.25) is 0 Å². The molecule has 0 atom stereocenters. The molecule has 0 amide bonds. The lowest BCUT2D eigenvalue weighted by Gasteiger charge is -2.01. The first kappa shape index (κ1) is 13.0. The van der Waals surface area contributed by atoms with Crippen molar-refractivity contribution in [2.75, 3.05) is 13.2 Å². The molecule has 3 aromatic rings. The molecule has 0 unspecified atom stereocenters. The van der Waals surface area contributed by atoms with E-state index in [0.29, 0.717) is 5.56 Å². The molecule has 5 nitrogen and oxygen atoms in total. The van der Waals surface area contributed by atoms with Crippen molar-refractivity contribution in [3.8, 4) is 17.1 Å². The second kappa shape index (κ2) is 4.96. The Morgan fingerprint density at radius 1 is 1.27 bits per heavy atom. The molecule has 0 spiro atoms. The Labute approximate surface area is 126 Å². The number of H-pyrrole nitrogens is 1. The molecule has 110 valence electrons. The number of Topliss-reactive ketones (excluding diaryl/α,β-unsaturated/α-hetero) is 1. The normalized spacial score (nSPS) is 13.1. The zero-order chi connectivity index (χ0) is 15.1. The predicted molar refractivity (Wildman–Crippen MR) is 82.1 cm³/mol. The molecule has 1 aromatic heterocycles. The molecule has 0 saturated heterocycles. The van der Waals surface area contributed by atoms with E-state index in [9.17, 15) is 4.79 Å². The van der Waals surface area contributed by atoms with Crippen molar-refractivity contribution in [3.63, 3.8) is 0 Å². The van der Waals surface area contributed by atoms with Gasteiger partial charge in [0.25, 0.3) is 0 Å². The van der Waals surface area contributed by atoms with Gasteiger partial charge >= 0.3 is 0 Å². The topological polar surface area (TPSA) is 75.2 Å². The summed E-state index contributed by atoms with van der Waals surface area (Å²) in [5.74, 6) is 1.40. The highest BCUT2D eigenvalue weighted by molar-refractivity contribution is 5.99. The van der Waals surface area contributed by atoms with E-state index in [0.717, 1.165) is 41.2 Å². The molecule has 2 N–H and O–H groups in total. The molecule has 0 radical (unpaired) electrons. The highest BCUT2D eigenvalue weighted by atomic mass is 16.5. The number of aliphatic hydroxyl groups is 1. The Bertz CT molecular complexity index is 883. The van der Waals surface area contributed by atoms with Crippen molar-refractivity contribution in [2.24, 2.45) is 0 Å². The summed E-state index contributed by atoms with van der Waals surface area (Å²) in [6, 6.07) is 11.2. The number of aromatic nitrogens is 2. The van der Waals surface area contributed by atoms with Gasteiger partial charge < -0.3 is 14.8 Å². The van der Waals surface area contributed by atoms with E-state index in [1.54, 1.807) is 18.2 Å². The Morgan fingerprint density at radius 3 is 3.05 bits per heavy atom. The van der Waals surface area contributed by atoms with Crippen LogP contribution in [0.5, 0.6) is 5.75 Å². The number of fused-ring (bicyclic) bond motifs is 2. The number of rotatable bonds is 3. The van der Waals surface area contributed by atoms with Crippen molar-refractivity contribution in [1.82, 2.24) is 9.97 Å². The Balaban J connectivity index is 1.77. The Morgan fingerprint density at radius 2 is 2.18 bits per heavy atom. The third-order valence-electron chi connectivity index (χ3n) is 3.91. The van der Waals surface area contributed by atoms with E-state index in [1.807, 2.05) is 12.1 Å². The van der Waals surface area contributed by atoms with E-state index >= 15 is 0 Å². The number of hydrogen-bond acceptors (Lipinski definition) is 4. The molecule has 1 aliphatic rings. The average molecular weight is 294 g/mol. The molecule has 2 aromatic carbocycles. The summed E-state index contributed by atoms with van der Waals surface area (Å²) in [5.41, 5.74) is 4.24. The van der Waals surface area contributed by atoms with Gasteiger partial charge in [-0.2, -0.15) is 0 Å². The van der Waals surface area contributed by atoms with Crippen molar-refractivity contribution in [3.05, 3.63) is 47.5 Å².